The van der Waals surface area contributed by atoms with Gasteiger partial charge in [-0.05, 0) is 24.6 Å². The van der Waals surface area contributed by atoms with E-state index in [0.29, 0.717) is 28.7 Å². The molecule has 0 spiro atoms. The highest BCUT2D eigenvalue weighted by Crippen LogP contribution is 2.32. The molecule has 0 unspecified atom stereocenters. The van der Waals surface area contributed by atoms with E-state index in [4.69, 9.17) is 22.1 Å². The summed E-state index contributed by atoms with van der Waals surface area (Å²) >= 11 is 6.00. The second-order valence-corrected chi connectivity index (χ2v) is 4.95. The normalized spacial score (nSPS) is 12.0. The molecule has 0 saturated heterocycles. The molecule has 0 aliphatic heterocycles. The van der Waals surface area contributed by atoms with Crippen molar-refractivity contribution >= 4 is 23.3 Å². The minimum atomic E-state index is -0.550. The number of nitrogens with one attached hydrogen (secondary N) is 2. The Kier molecular flexibility index (Phi) is 4.82. The summed E-state index contributed by atoms with van der Waals surface area (Å²) < 4.78 is 5.29. The molecular formula is C14H17ClN4O2. The minimum Gasteiger partial charge on any atom is -0.496 e. The zero-order chi connectivity index (χ0) is 15.4. The number of methoxy groups -OCH3 is 1. The average Bonchev–Trinajstić information content (AvgIpc) is 2.94. The van der Waals surface area contributed by atoms with Gasteiger partial charge in [0.15, 0.2) is 5.82 Å². The van der Waals surface area contributed by atoms with Gasteiger partial charge in [0.1, 0.15) is 5.75 Å². The molecule has 1 heterocycles. The number of hydrogen-bond acceptors (Lipinski definition) is 4. The monoisotopic (exact) mass is 308 g/mol. The number of ether oxygens (including phenoxy) is 1. The van der Waals surface area contributed by atoms with Crippen LogP contribution in [0.25, 0.3) is 11.3 Å². The van der Waals surface area contributed by atoms with Crippen LogP contribution < -0.4 is 15.8 Å². The van der Waals surface area contributed by atoms with Crippen molar-refractivity contribution in [3.8, 4) is 17.0 Å². The van der Waals surface area contributed by atoms with Crippen molar-refractivity contribution in [3.63, 3.8) is 0 Å². The lowest BCUT2D eigenvalue weighted by atomic mass is 10.1. The van der Waals surface area contributed by atoms with Crippen molar-refractivity contribution in [1.29, 1.82) is 0 Å². The van der Waals surface area contributed by atoms with Gasteiger partial charge in [-0.1, -0.05) is 18.5 Å². The number of halogens is 1. The molecule has 0 aliphatic rings. The summed E-state index contributed by atoms with van der Waals surface area (Å²) in [6, 6.07) is 6.42. The van der Waals surface area contributed by atoms with Gasteiger partial charge in [-0.3, -0.25) is 9.89 Å². The molecule has 112 valence electrons. The lowest BCUT2D eigenvalue weighted by Gasteiger charge is -2.07. The molecule has 2 aromatic rings. The number of nitrogens with two attached hydrogens (primary N) is 1. The Hall–Kier alpha value is -2.05. The van der Waals surface area contributed by atoms with Gasteiger partial charge >= 0.3 is 0 Å². The summed E-state index contributed by atoms with van der Waals surface area (Å²) in [7, 11) is 1.58. The largest absolute Gasteiger partial charge is 0.496 e. The van der Waals surface area contributed by atoms with Crippen LogP contribution in [0.1, 0.15) is 13.3 Å². The van der Waals surface area contributed by atoms with Crippen LogP contribution in [-0.2, 0) is 4.79 Å². The van der Waals surface area contributed by atoms with Crippen LogP contribution in [0.4, 0.5) is 5.82 Å². The molecule has 0 fully saturated rings. The van der Waals surface area contributed by atoms with Crippen LogP contribution in [0.5, 0.6) is 5.75 Å². The van der Waals surface area contributed by atoms with Gasteiger partial charge in [0.25, 0.3) is 0 Å². The fourth-order valence-corrected chi connectivity index (χ4v) is 1.99. The summed E-state index contributed by atoms with van der Waals surface area (Å²) in [5.41, 5.74) is 7.11. The number of carbonyl (C=O) groups is 1. The number of amides is 1. The van der Waals surface area contributed by atoms with Crippen molar-refractivity contribution in [2.45, 2.75) is 19.4 Å². The van der Waals surface area contributed by atoms with E-state index in [1.165, 1.54) is 0 Å². The molecule has 6 nitrogen and oxygen atoms in total. The summed E-state index contributed by atoms with van der Waals surface area (Å²) in [4.78, 5) is 11.7. The molecule has 0 saturated carbocycles. The Morgan fingerprint density at radius 2 is 2.29 bits per heavy atom. The molecule has 0 radical (unpaired) electrons. The van der Waals surface area contributed by atoms with Crippen LogP contribution in [0.15, 0.2) is 24.3 Å². The van der Waals surface area contributed by atoms with Gasteiger partial charge in [0.2, 0.25) is 5.91 Å². The maximum atomic E-state index is 11.7. The van der Waals surface area contributed by atoms with Crippen LogP contribution in [0.3, 0.4) is 0 Å². The molecule has 0 bridgehead atoms. The quantitative estimate of drug-likeness (QED) is 0.790. The summed E-state index contributed by atoms with van der Waals surface area (Å²) in [6.45, 7) is 1.84. The number of aromatic nitrogens is 2. The lowest BCUT2D eigenvalue weighted by molar-refractivity contribution is -0.117. The summed E-state index contributed by atoms with van der Waals surface area (Å²) in [5.74, 6) is 0.792. The molecule has 1 amide bonds. The Bertz CT molecular complexity index is 642. The molecule has 1 atom stereocenters. The molecule has 7 heteroatoms. The Labute approximate surface area is 127 Å². The predicted molar refractivity (Wildman–Crippen MR) is 82.5 cm³/mol. The number of carbonyl (C=O) groups excluding carboxylic acids is 1. The first-order chi connectivity index (χ1) is 10.0. The van der Waals surface area contributed by atoms with E-state index in [1.807, 2.05) is 6.92 Å². The van der Waals surface area contributed by atoms with Gasteiger partial charge in [-0.15, -0.1) is 0 Å². The van der Waals surface area contributed by atoms with Crippen molar-refractivity contribution in [3.05, 3.63) is 29.3 Å². The highest BCUT2D eigenvalue weighted by Gasteiger charge is 2.14. The van der Waals surface area contributed by atoms with Gasteiger partial charge in [0, 0.05) is 16.7 Å². The first-order valence-corrected chi connectivity index (χ1v) is 6.88. The van der Waals surface area contributed by atoms with Gasteiger partial charge in [-0.2, -0.15) is 5.10 Å². The molecule has 2 rings (SSSR count). The zero-order valence-corrected chi connectivity index (χ0v) is 12.6. The standard InChI is InChI=1S/C14H17ClN4O2/c1-3-10(16)14(20)17-13-7-11(18-19-13)9-6-8(15)4-5-12(9)21-2/h4-7,10H,3,16H2,1-2H3,(H2,17,18,19,20)/t10-/m0/s1. The van der Waals surface area contributed by atoms with E-state index < -0.39 is 6.04 Å². The molecule has 1 aromatic heterocycles. The zero-order valence-electron chi connectivity index (χ0n) is 11.8. The maximum absolute atomic E-state index is 11.7. The topological polar surface area (TPSA) is 93.0 Å². The summed E-state index contributed by atoms with van der Waals surface area (Å²) in [6.07, 6.45) is 0.561. The highest BCUT2D eigenvalue weighted by molar-refractivity contribution is 6.31. The maximum Gasteiger partial charge on any atom is 0.242 e. The minimum absolute atomic E-state index is 0.270. The van der Waals surface area contributed by atoms with E-state index in [2.05, 4.69) is 15.5 Å². The highest BCUT2D eigenvalue weighted by atomic mass is 35.5. The smallest absolute Gasteiger partial charge is 0.242 e. The Morgan fingerprint density at radius 3 is 2.95 bits per heavy atom. The number of hydrogen-bond donors (Lipinski definition) is 3. The van der Waals surface area contributed by atoms with E-state index in [9.17, 15) is 4.79 Å². The second-order valence-electron chi connectivity index (χ2n) is 4.52. The second kappa shape index (κ2) is 6.60. The van der Waals surface area contributed by atoms with Crippen molar-refractivity contribution < 1.29 is 9.53 Å². The van der Waals surface area contributed by atoms with Crippen LogP contribution in [-0.4, -0.2) is 29.3 Å². The number of rotatable bonds is 5. The predicted octanol–water partition coefficient (Wildman–Crippen LogP) is 2.41. The molecule has 1 aromatic carbocycles. The fraction of sp³-hybridized carbons (Fsp3) is 0.286. The summed E-state index contributed by atoms with van der Waals surface area (Å²) in [5, 5.41) is 10.1. The van der Waals surface area contributed by atoms with E-state index >= 15 is 0 Å². The Balaban J connectivity index is 2.24. The van der Waals surface area contributed by atoms with Crippen LogP contribution in [0, 0.1) is 0 Å². The van der Waals surface area contributed by atoms with Gasteiger partial charge in [-0.25, -0.2) is 0 Å². The number of benzene rings is 1. The van der Waals surface area contributed by atoms with E-state index in [1.54, 1.807) is 31.4 Å². The molecule has 4 N–H and O–H groups in total. The first-order valence-electron chi connectivity index (χ1n) is 6.51. The Morgan fingerprint density at radius 1 is 1.52 bits per heavy atom. The van der Waals surface area contributed by atoms with Crippen molar-refractivity contribution in [2.24, 2.45) is 5.73 Å². The third-order valence-electron chi connectivity index (χ3n) is 3.06. The number of nitrogens with zero attached hydrogens (tertiary/aromatic N) is 1. The van der Waals surface area contributed by atoms with E-state index in [0.717, 1.165) is 5.56 Å². The average molecular weight is 309 g/mol. The van der Waals surface area contributed by atoms with Crippen LogP contribution >= 0.6 is 11.6 Å². The van der Waals surface area contributed by atoms with E-state index in [-0.39, 0.29) is 5.91 Å². The van der Waals surface area contributed by atoms with Crippen molar-refractivity contribution in [2.75, 3.05) is 12.4 Å². The lowest BCUT2D eigenvalue weighted by Crippen LogP contribution is -2.34. The third-order valence-corrected chi connectivity index (χ3v) is 3.29. The van der Waals surface area contributed by atoms with Gasteiger partial charge in [0.05, 0.1) is 18.8 Å². The molecular weight excluding hydrogens is 292 g/mol. The number of H-pyrrole nitrogens is 1. The molecule has 0 aliphatic carbocycles. The van der Waals surface area contributed by atoms with Crippen molar-refractivity contribution in [1.82, 2.24) is 10.2 Å². The molecule has 21 heavy (non-hydrogen) atoms. The third kappa shape index (κ3) is 3.53. The SMILES string of the molecule is CC[C@H](N)C(=O)Nc1cc(-c2cc(Cl)ccc2OC)[nH]n1. The number of anilines is 1. The fourth-order valence-electron chi connectivity index (χ4n) is 1.82. The van der Waals surface area contributed by atoms with Gasteiger partial charge < -0.3 is 15.8 Å². The number of aromatic amines is 1. The first kappa shape index (κ1) is 15.3. The van der Waals surface area contributed by atoms with Crippen LogP contribution in [0.2, 0.25) is 5.02 Å².